The van der Waals surface area contributed by atoms with Crippen molar-refractivity contribution in [2.75, 3.05) is 50.8 Å². The van der Waals surface area contributed by atoms with Crippen LogP contribution in [-0.4, -0.2) is 91.5 Å². The van der Waals surface area contributed by atoms with Gasteiger partial charge in [-0.3, -0.25) is 19.3 Å². The average Bonchev–Trinajstić information content (AvgIpc) is 3.39. The van der Waals surface area contributed by atoms with Gasteiger partial charge in [-0.2, -0.15) is 0 Å². The van der Waals surface area contributed by atoms with Gasteiger partial charge in [-0.25, -0.2) is 0 Å². The first kappa shape index (κ1) is 25.6. The van der Waals surface area contributed by atoms with E-state index < -0.39 is 12.1 Å². The number of ether oxygens (including phenoxy) is 1. The van der Waals surface area contributed by atoms with Gasteiger partial charge < -0.3 is 19.9 Å². The zero-order valence-corrected chi connectivity index (χ0v) is 21.5. The molecule has 192 valence electrons. The van der Waals surface area contributed by atoms with Crippen molar-refractivity contribution in [1.29, 1.82) is 0 Å². The van der Waals surface area contributed by atoms with Gasteiger partial charge in [0.1, 0.15) is 18.7 Å². The van der Waals surface area contributed by atoms with Crippen LogP contribution in [0, 0.1) is 11.8 Å². The second kappa shape index (κ2) is 11.1. The Labute approximate surface area is 209 Å². The molecule has 8 heteroatoms. The molecule has 3 heterocycles. The number of anilines is 1. The number of ketones is 1. The van der Waals surface area contributed by atoms with E-state index >= 15 is 0 Å². The largest absolute Gasteiger partial charge is 0.369 e. The molecule has 0 bridgehead atoms. The molecule has 4 atom stereocenters. The Kier molecular flexibility index (Phi) is 8.12. The highest BCUT2D eigenvalue weighted by atomic mass is 16.5. The third kappa shape index (κ3) is 5.70. The van der Waals surface area contributed by atoms with E-state index in [2.05, 4.69) is 22.0 Å². The summed E-state index contributed by atoms with van der Waals surface area (Å²) in [5, 5.41) is 2.97. The van der Waals surface area contributed by atoms with Gasteiger partial charge in [0, 0.05) is 49.9 Å². The topological polar surface area (TPSA) is 82.2 Å². The standard InChI is InChI=1S/C27H40N4O4/c1-5-10-29-11-13-30(14-12-29)21-8-6-20(7-9-21)26(33)28-22(15-18(2)3)27(34)31-16-19(4)25-24(31)23(32)17-35-25/h6-9,18-19,22,24-25H,5,10-17H2,1-4H3,(H,28,33)/t19-,22-,24+,25+/m0/s1. The number of benzene rings is 1. The molecule has 0 aromatic heterocycles. The molecule has 2 amide bonds. The van der Waals surface area contributed by atoms with E-state index in [1.165, 1.54) is 6.42 Å². The minimum Gasteiger partial charge on any atom is -0.369 e. The Balaban J connectivity index is 1.40. The molecule has 3 aliphatic heterocycles. The zero-order chi connectivity index (χ0) is 25.1. The summed E-state index contributed by atoms with van der Waals surface area (Å²) >= 11 is 0. The van der Waals surface area contributed by atoms with E-state index in [0.29, 0.717) is 18.5 Å². The summed E-state index contributed by atoms with van der Waals surface area (Å²) in [6.07, 6.45) is 1.45. The molecule has 0 spiro atoms. The van der Waals surface area contributed by atoms with Crippen LogP contribution in [0.15, 0.2) is 24.3 Å². The average molecular weight is 485 g/mol. The smallest absolute Gasteiger partial charge is 0.251 e. The van der Waals surface area contributed by atoms with Crippen LogP contribution in [0.25, 0.3) is 0 Å². The number of hydrogen-bond acceptors (Lipinski definition) is 6. The summed E-state index contributed by atoms with van der Waals surface area (Å²) in [5.41, 5.74) is 1.65. The van der Waals surface area contributed by atoms with Gasteiger partial charge in [0.05, 0.1) is 6.10 Å². The molecule has 0 unspecified atom stereocenters. The van der Waals surface area contributed by atoms with Crippen molar-refractivity contribution in [3.8, 4) is 0 Å². The second-order valence-corrected chi connectivity index (χ2v) is 10.7. The van der Waals surface area contributed by atoms with Crippen LogP contribution in [0.2, 0.25) is 0 Å². The molecule has 0 aliphatic carbocycles. The molecule has 1 aromatic rings. The van der Waals surface area contributed by atoms with E-state index in [4.69, 9.17) is 4.74 Å². The predicted octanol–water partition coefficient (Wildman–Crippen LogP) is 2.18. The lowest BCUT2D eigenvalue weighted by Crippen LogP contribution is -2.52. The van der Waals surface area contributed by atoms with Crippen LogP contribution < -0.4 is 10.2 Å². The number of piperazine rings is 1. The number of fused-ring (bicyclic) bond motifs is 1. The molecule has 8 nitrogen and oxygen atoms in total. The number of amides is 2. The molecular weight excluding hydrogens is 444 g/mol. The van der Waals surface area contributed by atoms with Gasteiger partial charge in [-0.05, 0) is 49.6 Å². The number of nitrogens with one attached hydrogen (secondary N) is 1. The van der Waals surface area contributed by atoms with Crippen LogP contribution in [0.4, 0.5) is 5.69 Å². The summed E-state index contributed by atoms with van der Waals surface area (Å²) in [5.74, 6) is -0.187. The van der Waals surface area contributed by atoms with Gasteiger partial charge >= 0.3 is 0 Å². The van der Waals surface area contributed by atoms with Crippen LogP contribution in [0.1, 0.15) is 50.9 Å². The SMILES string of the molecule is CCCN1CCN(c2ccc(C(=O)N[C@@H](CC(C)C)C(=O)N3C[C@H](C)[C@H]4OCC(=O)[C@H]43)cc2)CC1. The van der Waals surface area contributed by atoms with Crippen LogP contribution >= 0.6 is 0 Å². The molecule has 3 fully saturated rings. The fourth-order valence-corrected chi connectivity index (χ4v) is 5.62. The fourth-order valence-electron chi connectivity index (χ4n) is 5.62. The maximum absolute atomic E-state index is 13.5. The molecule has 1 N–H and O–H groups in total. The monoisotopic (exact) mass is 484 g/mol. The summed E-state index contributed by atoms with van der Waals surface area (Å²) in [6.45, 7) is 14.0. The molecule has 4 rings (SSSR count). The van der Waals surface area contributed by atoms with Crippen molar-refractivity contribution in [2.45, 2.75) is 58.7 Å². The Morgan fingerprint density at radius 1 is 1.11 bits per heavy atom. The van der Waals surface area contributed by atoms with E-state index in [-0.39, 0.29) is 42.1 Å². The first-order valence-electron chi connectivity index (χ1n) is 13.1. The van der Waals surface area contributed by atoms with Crippen molar-refractivity contribution in [2.24, 2.45) is 11.8 Å². The molecule has 35 heavy (non-hydrogen) atoms. The van der Waals surface area contributed by atoms with Gasteiger partial charge in [-0.15, -0.1) is 0 Å². The Morgan fingerprint density at radius 2 is 1.80 bits per heavy atom. The van der Waals surface area contributed by atoms with Crippen LogP contribution in [-0.2, 0) is 14.3 Å². The molecule has 3 aliphatic rings. The van der Waals surface area contributed by atoms with Gasteiger partial charge in [0.25, 0.3) is 5.91 Å². The normalized spacial score (nSPS) is 25.7. The highest BCUT2D eigenvalue weighted by Crippen LogP contribution is 2.32. The first-order valence-corrected chi connectivity index (χ1v) is 13.1. The maximum Gasteiger partial charge on any atom is 0.251 e. The summed E-state index contributed by atoms with van der Waals surface area (Å²) < 4.78 is 5.63. The lowest BCUT2D eigenvalue weighted by molar-refractivity contribution is -0.138. The maximum atomic E-state index is 13.5. The minimum atomic E-state index is -0.673. The fraction of sp³-hybridized carbons (Fsp3) is 0.667. The Hall–Kier alpha value is -2.45. The van der Waals surface area contributed by atoms with Crippen LogP contribution in [0.5, 0.6) is 0 Å². The Bertz CT molecular complexity index is 910. The van der Waals surface area contributed by atoms with Gasteiger partial charge in [0.2, 0.25) is 5.91 Å². The summed E-state index contributed by atoms with van der Waals surface area (Å²) in [7, 11) is 0. The highest BCUT2D eigenvalue weighted by molar-refractivity contribution is 5.99. The van der Waals surface area contributed by atoms with Crippen molar-refractivity contribution in [3.05, 3.63) is 29.8 Å². The number of rotatable bonds is 8. The highest BCUT2D eigenvalue weighted by Gasteiger charge is 2.51. The lowest BCUT2D eigenvalue weighted by Gasteiger charge is -2.36. The van der Waals surface area contributed by atoms with Crippen molar-refractivity contribution < 1.29 is 19.1 Å². The number of likely N-dealkylation sites (tertiary alicyclic amines) is 1. The van der Waals surface area contributed by atoms with E-state index in [9.17, 15) is 14.4 Å². The predicted molar refractivity (Wildman–Crippen MR) is 136 cm³/mol. The third-order valence-corrected chi connectivity index (χ3v) is 7.44. The van der Waals surface area contributed by atoms with E-state index in [1.54, 1.807) is 4.90 Å². The number of hydrogen-bond donors (Lipinski definition) is 1. The minimum absolute atomic E-state index is 0.0477. The van der Waals surface area contributed by atoms with Crippen molar-refractivity contribution in [1.82, 2.24) is 15.1 Å². The second-order valence-electron chi connectivity index (χ2n) is 10.7. The molecule has 1 aromatic carbocycles. The number of carbonyl (C=O) groups excluding carboxylic acids is 3. The van der Waals surface area contributed by atoms with Crippen molar-refractivity contribution in [3.63, 3.8) is 0 Å². The number of nitrogens with zero attached hydrogens (tertiary/aromatic N) is 3. The lowest BCUT2D eigenvalue weighted by atomic mass is 10.0. The van der Waals surface area contributed by atoms with E-state index in [0.717, 1.165) is 38.4 Å². The van der Waals surface area contributed by atoms with Gasteiger partial charge in [0.15, 0.2) is 5.78 Å². The van der Waals surface area contributed by atoms with Crippen molar-refractivity contribution >= 4 is 23.3 Å². The Morgan fingerprint density at radius 3 is 2.43 bits per heavy atom. The number of Topliss-reactive ketones (excluding diaryl/α,β-unsaturated/α-hetero) is 1. The molecule has 0 saturated carbocycles. The summed E-state index contributed by atoms with van der Waals surface area (Å²) in [4.78, 5) is 45.5. The van der Waals surface area contributed by atoms with E-state index in [1.807, 2.05) is 45.0 Å². The molecular formula is C27H40N4O4. The third-order valence-electron chi connectivity index (χ3n) is 7.44. The summed E-state index contributed by atoms with van der Waals surface area (Å²) in [6, 6.07) is 6.45. The quantitative estimate of drug-likeness (QED) is 0.609. The zero-order valence-electron chi connectivity index (χ0n) is 21.5. The number of carbonyl (C=O) groups is 3. The van der Waals surface area contributed by atoms with Crippen LogP contribution in [0.3, 0.4) is 0 Å². The first-order chi connectivity index (χ1) is 16.8. The molecule has 3 saturated heterocycles. The molecule has 0 radical (unpaired) electrons. The van der Waals surface area contributed by atoms with Gasteiger partial charge in [-0.1, -0.05) is 27.7 Å².